The van der Waals surface area contributed by atoms with E-state index in [4.69, 9.17) is 4.74 Å². The zero-order chi connectivity index (χ0) is 15.7. The summed E-state index contributed by atoms with van der Waals surface area (Å²) < 4.78 is 5.92. The summed E-state index contributed by atoms with van der Waals surface area (Å²) in [7, 11) is 0. The highest BCUT2D eigenvalue weighted by molar-refractivity contribution is 5.77. The Kier molecular flexibility index (Phi) is 4.02. The molecule has 0 spiro atoms. The average Bonchev–Trinajstić information content (AvgIpc) is 2.43. The summed E-state index contributed by atoms with van der Waals surface area (Å²) in [6, 6.07) is 7.45. The maximum absolute atomic E-state index is 12.1. The van der Waals surface area contributed by atoms with E-state index in [1.807, 2.05) is 18.2 Å². The van der Waals surface area contributed by atoms with E-state index in [1.54, 1.807) is 6.07 Å². The van der Waals surface area contributed by atoms with Crippen LogP contribution in [0.3, 0.4) is 0 Å². The molecule has 1 saturated heterocycles. The average molecular weight is 301 g/mol. The summed E-state index contributed by atoms with van der Waals surface area (Å²) in [5, 5.41) is 0.646. The number of benzene rings is 1. The van der Waals surface area contributed by atoms with E-state index in [0.717, 1.165) is 37.4 Å². The number of hydrogen-bond donors (Lipinski definition) is 1. The van der Waals surface area contributed by atoms with Gasteiger partial charge in [0.2, 0.25) is 0 Å². The van der Waals surface area contributed by atoms with Crippen LogP contribution >= 0.6 is 0 Å². The van der Waals surface area contributed by atoms with E-state index < -0.39 is 0 Å². The van der Waals surface area contributed by atoms with Gasteiger partial charge in [-0.1, -0.05) is 12.1 Å². The predicted octanol–water partition coefficient (Wildman–Crippen LogP) is 1.96. The number of para-hydroxylation sites is 1. The number of hydrogen-bond acceptors (Lipinski definition) is 4. The highest BCUT2D eigenvalue weighted by atomic mass is 16.5. The van der Waals surface area contributed by atoms with Crippen molar-refractivity contribution in [2.75, 3.05) is 19.6 Å². The fourth-order valence-corrected chi connectivity index (χ4v) is 3.27. The third kappa shape index (κ3) is 3.36. The number of fused-ring (bicyclic) bond motifs is 1. The molecule has 0 bridgehead atoms. The van der Waals surface area contributed by atoms with E-state index in [2.05, 4.69) is 35.6 Å². The third-order valence-electron chi connectivity index (χ3n) is 3.97. The molecule has 0 saturated carbocycles. The van der Waals surface area contributed by atoms with Gasteiger partial charge in [-0.15, -0.1) is 0 Å². The molecule has 22 heavy (non-hydrogen) atoms. The van der Waals surface area contributed by atoms with Gasteiger partial charge in [-0.05, 0) is 32.9 Å². The number of morpholine rings is 1. The number of nitrogens with zero attached hydrogens (tertiary/aromatic N) is 2. The summed E-state index contributed by atoms with van der Waals surface area (Å²) >= 11 is 0. The molecule has 1 aromatic carbocycles. The molecular formula is C17H23N3O2. The van der Waals surface area contributed by atoms with Crippen LogP contribution in [0.4, 0.5) is 0 Å². The molecule has 1 aliphatic heterocycles. The van der Waals surface area contributed by atoms with Gasteiger partial charge in [0.1, 0.15) is 5.82 Å². The van der Waals surface area contributed by atoms with Gasteiger partial charge in [0.05, 0.1) is 22.6 Å². The topological polar surface area (TPSA) is 58.2 Å². The molecule has 1 aromatic heterocycles. The normalized spacial score (nSPS) is 22.0. The molecule has 1 N–H and O–H groups in total. The Hall–Kier alpha value is -1.72. The SMILES string of the molecule is C[C@H]1CN(CCc2nc3ccccc3c(=O)[nH]2)CC(C)(C)O1. The van der Waals surface area contributed by atoms with Gasteiger partial charge in [0, 0.05) is 26.1 Å². The molecule has 1 atom stereocenters. The first-order chi connectivity index (χ1) is 10.4. The smallest absolute Gasteiger partial charge is 0.258 e. The summed E-state index contributed by atoms with van der Waals surface area (Å²) in [5.41, 5.74) is 0.579. The van der Waals surface area contributed by atoms with Gasteiger partial charge in [-0.2, -0.15) is 0 Å². The van der Waals surface area contributed by atoms with Crippen molar-refractivity contribution in [3.63, 3.8) is 0 Å². The minimum Gasteiger partial charge on any atom is -0.370 e. The largest absolute Gasteiger partial charge is 0.370 e. The third-order valence-corrected chi connectivity index (χ3v) is 3.97. The molecule has 2 aromatic rings. The molecule has 2 heterocycles. The molecule has 0 aliphatic carbocycles. The van der Waals surface area contributed by atoms with E-state index in [1.165, 1.54) is 0 Å². The molecule has 5 heteroatoms. The van der Waals surface area contributed by atoms with Gasteiger partial charge in [0.15, 0.2) is 0 Å². The monoisotopic (exact) mass is 301 g/mol. The van der Waals surface area contributed by atoms with Crippen LogP contribution in [-0.4, -0.2) is 46.2 Å². The number of aromatic nitrogens is 2. The summed E-state index contributed by atoms with van der Waals surface area (Å²) in [4.78, 5) is 21.9. The quantitative estimate of drug-likeness (QED) is 0.941. The minimum atomic E-state index is -0.123. The Morgan fingerprint density at radius 2 is 2.18 bits per heavy atom. The molecule has 118 valence electrons. The molecule has 0 radical (unpaired) electrons. The van der Waals surface area contributed by atoms with E-state index in [-0.39, 0.29) is 17.3 Å². The lowest BCUT2D eigenvalue weighted by Crippen LogP contribution is -2.52. The standard InChI is InChI=1S/C17H23N3O2/c1-12-10-20(11-17(2,3)22-12)9-8-15-18-14-7-5-4-6-13(14)16(21)19-15/h4-7,12H,8-11H2,1-3H3,(H,18,19,21)/t12-/m0/s1. The van der Waals surface area contributed by atoms with Crippen molar-refractivity contribution in [3.8, 4) is 0 Å². The van der Waals surface area contributed by atoms with Gasteiger partial charge in [-0.3, -0.25) is 9.69 Å². The molecule has 1 aliphatic rings. The summed E-state index contributed by atoms with van der Waals surface area (Å²) in [6.07, 6.45) is 0.968. The van der Waals surface area contributed by atoms with Crippen molar-refractivity contribution in [2.24, 2.45) is 0 Å². The summed E-state index contributed by atoms with van der Waals surface area (Å²) in [5.74, 6) is 0.751. The Labute approximate surface area is 130 Å². The second kappa shape index (κ2) is 5.82. The lowest BCUT2D eigenvalue weighted by molar-refractivity contribution is -0.128. The van der Waals surface area contributed by atoms with Crippen molar-refractivity contribution in [2.45, 2.75) is 38.9 Å². The van der Waals surface area contributed by atoms with Crippen LogP contribution in [0.25, 0.3) is 10.9 Å². The highest BCUT2D eigenvalue weighted by Gasteiger charge is 2.30. The Balaban J connectivity index is 1.73. The Morgan fingerprint density at radius 3 is 2.95 bits per heavy atom. The number of nitrogens with one attached hydrogen (secondary N) is 1. The zero-order valence-corrected chi connectivity index (χ0v) is 13.4. The first-order valence-electron chi connectivity index (χ1n) is 7.81. The van der Waals surface area contributed by atoms with Crippen LogP contribution in [-0.2, 0) is 11.2 Å². The van der Waals surface area contributed by atoms with E-state index in [9.17, 15) is 4.79 Å². The second-order valence-corrected chi connectivity index (χ2v) is 6.70. The predicted molar refractivity (Wildman–Crippen MR) is 87.1 cm³/mol. The summed E-state index contributed by atoms with van der Waals surface area (Å²) in [6.45, 7) is 9.02. The lowest BCUT2D eigenvalue weighted by Gasteiger charge is -2.41. The van der Waals surface area contributed by atoms with Crippen molar-refractivity contribution in [3.05, 3.63) is 40.4 Å². The molecule has 0 unspecified atom stereocenters. The van der Waals surface area contributed by atoms with Gasteiger partial charge in [0.25, 0.3) is 5.56 Å². The number of rotatable bonds is 3. The number of aromatic amines is 1. The first-order valence-corrected chi connectivity index (χ1v) is 7.81. The Bertz CT molecular complexity index is 723. The van der Waals surface area contributed by atoms with Crippen molar-refractivity contribution < 1.29 is 4.74 Å². The number of ether oxygens (including phenoxy) is 1. The molecule has 5 nitrogen and oxygen atoms in total. The van der Waals surface area contributed by atoms with Crippen molar-refractivity contribution >= 4 is 10.9 Å². The lowest BCUT2D eigenvalue weighted by atomic mass is 10.1. The molecule has 0 amide bonds. The molecule has 3 rings (SSSR count). The van der Waals surface area contributed by atoms with Crippen LogP contribution in [0.15, 0.2) is 29.1 Å². The fraction of sp³-hybridized carbons (Fsp3) is 0.529. The van der Waals surface area contributed by atoms with Crippen LogP contribution in [0.1, 0.15) is 26.6 Å². The highest BCUT2D eigenvalue weighted by Crippen LogP contribution is 2.20. The van der Waals surface area contributed by atoms with Crippen LogP contribution in [0.5, 0.6) is 0 Å². The maximum Gasteiger partial charge on any atom is 0.258 e. The van der Waals surface area contributed by atoms with Gasteiger partial charge < -0.3 is 9.72 Å². The van der Waals surface area contributed by atoms with E-state index in [0.29, 0.717) is 5.39 Å². The zero-order valence-electron chi connectivity index (χ0n) is 13.4. The van der Waals surface area contributed by atoms with Gasteiger partial charge >= 0.3 is 0 Å². The second-order valence-electron chi connectivity index (χ2n) is 6.70. The van der Waals surface area contributed by atoms with Crippen molar-refractivity contribution in [1.29, 1.82) is 0 Å². The van der Waals surface area contributed by atoms with Crippen LogP contribution in [0, 0.1) is 0 Å². The van der Waals surface area contributed by atoms with Gasteiger partial charge in [-0.25, -0.2) is 4.98 Å². The molecular weight excluding hydrogens is 278 g/mol. The Morgan fingerprint density at radius 1 is 1.41 bits per heavy atom. The van der Waals surface area contributed by atoms with E-state index >= 15 is 0 Å². The van der Waals surface area contributed by atoms with Crippen LogP contribution in [0.2, 0.25) is 0 Å². The fourth-order valence-electron chi connectivity index (χ4n) is 3.27. The maximum atomic E-state index is 12.1. The number of H-pyrrole nitrogens is 1. The molecule has 1 fully saturated rings. The van der Waals surface area contributed by atoms with Crippen molar-refractivity contribution in [1.82, 2.24) is 14.9 Å². The minimum absolute atomic E-state index is 0.0590. The first kappa shape index (κ1) is 15.2. The van der Waals surface area contributed by atoms with Crippen LogP contribution < -0.4 is 5.56 Å².